The summed E-state index contributed by atoms with van der Waals surface area (Å²) < 4.78 is 7.49. The fourth-order valence-electron chi connectivity index (χ4n) is 3.09. The molecule has 0 saturated heterocycles. The monoisotopic (exact) mass is 348 g/mol. The summed E-state index contributed by atoms with van der Waals surface area (Å²) in [6.45, 7) is 4.99. The summed E-state index contributed by atoms with van der Waals surface area (Å²) in [6.07, 6.45) is 1.77. The van der Waals surface area contributed by atoms with Gasteiger partial charge < -0.3 is 4.74 Å². The topological polar surface area (TPSA) is 60.3 Å². The van der Waals surface area contributed by atoms with Crippen LogP contribution in [-0.4, -0.2) is 26.7 Å². The molecule has 2 aromatic heterocycles. The molecule has 4 rings (SSSR count). The van der Waals surface area contributed by atoms with Crippen LogP contribution in [0.4, 0.5) is 5.82 Å². The lowest BCUT2D eigenvalue weighted by atomic mass is 10.2. The van der Waals surface area contributed by atoms with Crippen LogP contribution in [-0.2, 0) is 13.2 Å². The third-order valence-electron chi connectivity index (χ3n) is 4.45. The molecule has 132 valence electrons. The molecular weight excluding hydrogens is 328 g/mol. The van der Waals surface area contributed by atoms with E-state index in [4.69, 9.17) is 4.74 Å². The Kier molecular flexibility index (Phi) is 4.16. The number of aryl methyl sites for hydroxylation is 1. The zero-order valence-corrected chi connectivity index (χ0v) is 14.8. The van der Waals surface area contributed by atoms with Crippen molar-refractivity contribution in [3.63, 3.8) is 0 Å². The van der Waals surface area contributed by atoms with E-state index in [0.29, 0.717) is 30.5 Å². The van der Waals surface area contributed by atoms with E-state index in [0.717, 1.165) is 11.1 Å². The molecule has 1 aliphatic rings. The van der Waals surface area contributed by atoms with Gasteiger partial charge in [-0.15, -0.1) is 5.10 Å². The van der Waals surface area contributed by atoms with Gasteiger partial charge in [-0.05, 0) is 31.0 Å². The standard InChI is InChI=1S/C20H20N4O2/c1-14-8-9-18(21-11-14)24-15(2)12-23-17(20(24)25)10-19(22-23)26-13-16-6-4-3-5-7-16/h3-11,15H,12-13H2,1-2H3/t15-/m1/s1. The average Bonchev–Trinajstić information content (AvgIpc) is 3.05. The van der Waals surface area contributed by atoms with E-state index in [1.807, 2.05) is 56.3 Å². The maximum atomic E-state index is 13.0. The predicted octanol–water partition coefficient (Wildman–Crippen LogP) is 3.21. The molecule has 3 heterocycles. The van der Waals surface area contributed by atoms with Crippen LogP contribution < -0.4 is 9.64 Å². The summed E-state index contributed by atoms with van der Waals surface area (Å²) in [4.78, 5) is 19.1. The molecule has 0 aliphatic carbocycles. The van der Waals surface area contributed by atoms with Crippen molar-refractivity contribution >= 4 is 11.7 Å². The number of pyridine rings is 1. The Labute approximate surface area is 152 Å². The highest BCUT2D eigenvalue weighted by Gasteiger charge is 2.33. The third kappa shape index (κ3) is 3.06. The zero-order chi connectivity index (χ0) is 18.1. The van der Waals surface area contributed by atoms with Crippen molar-refractivity contribution < 1.29 is 9.53 Å². The molecule has 1 atom stereocenters. The summed E-state index contributed by atoms with van der Waals surface area (Å²) in [5.74, 6) is 1.01. The summed E-state index contributed by atoms with van der Waals surface area (Å²) >= 11 is 0. The maximum Gasteiger partial charge on any atom is 0.278 e. The largest absolute Gasteiger partial charge is 0.472 e. The maximum absolute atomic E-state index is 13.0. The number of anilines is 1. The van der Waals surface area contributed by atoms with E-state index in [-0.39, 0.29) is 11.9 Å². The van der Waals surface area contributed by atoms with Crippen LogP contribution in [0.3, 0.4) is 0 Å². The highest BCUT2D eigenvalue weighted by Crippen LogP contribution is 2.26. The minimum Gasteiger partial charge on any atom is -0.472 e. The van der Waals surface area contributed by atoms with Crippen LogP contribution in [0.2, 0.25) is 0 Å². The molecule has 1 aromatic carbocycles. The lowest BCUT2D eigenvalue weighted by Gasteiger charge is -2.32. The summed E-state index contributed by atoms with van der Waals surface area (Å²) in [5.41, 5.74) is 2.64. The number of rotatable bonds is 4. The van der Waals surface area contributed by atoms with Crippen LogP contribution in [0.15, 0.2) is 54.7 Å². The molecule has 0 unspecified atom stereocenters. The van der Waals surface area contributed by atoms with Crippen molar-refractivity contribution in [2.24, 2.45) is 0 Å². The van der Waals surface area contributed by atoms with Crippen LogP contribution in [0.25, 0.3) is 0 Å². The number of hydrogen-bond acceptors (Lipinski definition) is 4. The summed E-state index contributed by atoms with van der Waals surface area (Å²) in [5, 5.41) is 4.44. The van der Waals surface area contributed by atoms with Crippen molar-refractivity contribution in [1.82, 2.24) is 14.8 Å². The van der Waals surface area contributed by atoms with Gasteiger partial charge in [-0.1, -0.05) is 36.4 Å². The Hall–Kier alpha value is -3.15. The summed E-state index contributed by atoms with van der Waals surface area (Å²) in [7, 11) is 0. The third-order valence-corrected chi connectivity index (χ3v) is 4.45. The second kappa shape index (κ2) is 6.63. The van der Waals surface area contributed by atoms with E-state index >= 15 is 0 Å². The lowest BCUT2D eigenvalue weighted by molar-refractivity contribution is 0.0946. The number of carbonyl (C=O) groups is 1. The van der Waals surface area contributed by atoms with Crippen molar-refractivity contribution in [1.29, 1.82) is 0 Å². The number of carbonyl (C=O) groups excluding carboxylic acids is 1. The molecular formula is C20H20N4O2. The van der Waals surface area contributed by atoms with Gasteiger partial charge in [0, 0.05) is 12.3 Å². The Morgan fingerprint density at radius 3 is 2.73 bits per heavy atom. The van der Waals surface area contributed by atoms with E-state index in [2.05, 4.69) is 10.1 Å². The molecule has 0 spiro atoms. The van der Waals surface area contributed by atoms with Gasteiger partial charge in [0.05, 0.1) is 12.6 Å². The Bertz CT molecular complexity index is 919. The number of amides is 1. The highest BCUT2D eigenvalue weighted by molar-refractivity contribution is 6.05. The number of aromatic nitrogens is 3. The highest BCUT2D eigenvalue weighted by atomic mass is 16.5. The molecule has 0 N–H and O–H groups in total. The lowest BCUT2D eigenvalue weighted by Crippen LogP contribution is -2.47. The van der Waals surface area contributed by atoms with Crippen molar-refractivity contribution in [3.8, 4) is 5.88 Å². The van der Waals surface area contributed by atoms with E-state index in [1.165, 1.54) is 0 Å². The number of nitrogens with zero attached hydrogens (tertiary/aromatic N) is 4. The van der Waals surface area contributed by atoms with Crippen molar-refractivity contribution in [2.45, 2.75) is 33.0 Å². The molecule has 0 saturated carbocycles. The first-order chi connectivity index (χ1) is 12.6. The summed E-state index contributed by atoms with van der Waals surface area (Å²) in [6, 6.07) is 15.4. The Morgan fingerprint density at radius 2 is 2.00 bits per heavy atom. The van der Waals surface area contributed by atoms with Gasteiger partial charge in [-0.25, -0.2) is 4.98 Å². The minimum absolute atomic E-state index is 0.0351. The minimum atomic E-state index is -0.109. The number of fused-ring (bicyclic) bond motifs is 1. The zero-order valence-electron chi connectivity index (χ0n) is 14.8. The van der Waals surface area contributed by atoms with Gasteiger partial charge in [0.1, 0.15) is 18.1 Å². The normalized spacial score (nSPS) is 16.5. The van der Waals surface area contributed by atoms with E-state index < -0.39 is 0 Å². The van der Waals surface area contributed by atoms with Gasteiger partial charge in [0.25, 0.3) is 5.91 Å². The van der Waals surface area contributed by atoms with Gasteiger partial charge in [0.2, 0.25) is 5.88 Å². The molecule has 26 heavy (non-hydrogen) atoms. The first kappa shape index (κ1) is 16.3. The van der Waals surface area contributed by atoms with Crippen LogP contribution in [0, 0.1) is 6.92 Å². The van der Waals surface area contributed by atoms with Gasteiger partial charge in [-0.2, -0.15) is 0 Å². The predicted molar refractivity (Wildman–Crippen MR) is 98.2 cm³/mol. The molecule has 0 bridgehead atoms. The average molecular weight is 348 g/mol. The molecule has 6 nitrogen and oxygen atoms in total. The quantitative estimate of drug-likeness (QED) is 0.726. The molecule has 3 aromatic rings. The smallest absolute Gasteiger partial charge is 0.278 e. The van der Waals surface area contributed by atoms with Crippen molar-refractivity contribution in [2.75, 3.05) is 4.90 Å². The van der Waals surface area contributed by atoms with Crippen LogP contribution in [0.1, 0.15) is 28.5 Å². The van der Waals surface area contributed by atoms with Crippen LogP contribution >= 0.6 is 0 Å². The fraction of sp³-hybridized carbons (Fsp3) is 0.250. The SMILES string of the molecule is Cc1ccc(N2C(=O)c3cc(OCc4ccccc4)nn3C[C@H]2C)nc1. The Morgan fingerprint density at radius 1 is 1.19 bits per heavy atom. The second-order valence-electron chi connectivity index (χ2n) is 6.54. The van der Waals surface area contributed by atoms with E-state index in [1.54, 1.807) is 21.8 Å². The first-order valence-electron chi connectivity index (χ1n) is 8.62. The molecule has 1 amide bonds. The molecule has 1 aliphatic heterocycles. The number of ether oxygens (including phenoxy) is 1. The Balaban J connectivity index is 1.56. The van der Waals surface area contributed by atoms with Gasteiger partial charge in [-0.3, -0.25) is 14.4 Å². The van der Waals surface area contributed by atoms with Gasteiger partial charge >= 0.3 is 0 Å². The molecule has 6 heteroatoms. The van der Waals surface area contributed by atoms with Crippen molar-refractivity contribution in [3.05, 3.63) is 71.5 Å². The molecule has 0 fully saturated rings. The van der Waals surface area contributed by atoms with Crippen LogP contribution in [0.5, 0.6) is 5.88 Å². The number of hydrogen-bond donors (Lipinski definition) is 0. The first-order valence-corrected chi connectivity index (χ1v) is 8.62. The van der Waals surface area contributed by atoms with E-state index in [9.17, 15) is 4.79 Å². The second-order valence-corrected chi connectivity index (χ2v) is 6.54. The van der Waals surface area contributed by atoms with Gasteiger partial charge in [0.15, 0.2) is 0 Å². The number of benzene rings is 1. The molecule has 0 radical (unpaired) electrons. The fourth-order valence-corrected chi connectivity index (χ4v) is 3.09.